The zero-order chi connectivity index (χ0) is 20.9. The highest BCUT2D eigenvalue weighted by Crippen LogP contribution is 2.21. The smallest absolute Gasteiger partial charge is 0.267 e. The maximum atomic E-state index is 12.8. The van der Waals surface area contributed by atoms with Crippen LogP contribution in [-0.2, 0) is 11.3 Å². The Hall–Kier alpha value is -3.61. The minimum absolute atomic E-state index is 0.0675. The van der Waals surface area contributed by atoms with Gasteiger partial charge in [0.05, 0.1) is 12.8 Å². The van der Waals surface area contributed by atoms with Gasteiger partial charge in [0.1, 0.15) is 12.3 Å². The van der Waals surface area contributed by atoms with Crippen molar-refractivity contribution in [3.63, 3.8) is 0 Å². The average molecular weight is 404 g/mol. The van der Waals surface area contributed by atoms with Gasteiger partial charge in [-0.05, 0) is 30.3 Å². The van der Waals surface area contributed by atoms with Gasteiger partial charge in [-0.25, -0.2) is 4.68 Å². The van der Waals surface area contributed by atoms with Crippen molar-refractivity contribution in [1.82, 2.24) is 14.7 Å². The Kier molecular flexibility index (Phi) is 5.79. The number of para-hydroxylation sites is 1. The minimum atomic E-state index is -0.294. The summed E-state index contributed by atoms with van der Waals surface area (Å²) < 4.78 is 6.49. The lowest BCUT2D eigenvalue weighted by Crippen LogP contribution is -2.50. The quantitative estimate of drug-likeness (QED) is 0.653. The van der Waals surface area contributed by atoms with E-state index in [-0.39, 0.29) is 18.0 Å². The molecule has 1 fully saturated rings. The third kappa shape index (κ3) is 4.35. The van der Waals surface area contributed by atoms with Gasteiger partial charge < -0.3 is 14.5 Å². The number of hydrogen-bond donors (Lipinski definition) is 0. The highest BCUT2D eigenvalue weighted by atomic mass is 16.5. The van der Waals surface area contributed by atoms with Gasteiger partial charge in [0, 0.05) is 43.5 Å². The molecule has 1 amide bonds. The number of rotatable bonds is 5. The number of piperazine rings is 1. The van der Waals surface area contributed by atoms with Gasteiger partial charge >= 0.3 is 0 Å². The minimum Gasteiger partial charge on any atom is -0.497 e. The summed E-state index contributed by atoms with van der Waals surface area (Å²) in [5.74, 6) is 0.611. The van der Waals surface area contributed by atoms with E-state index in [0.717, 1.165) is 24.3 Å². The molecule has 3 aromatic rings. The molecule has 0 N–H and O–H groups in total. The van der Waals surface area contributed by atoms with Gasteiger partial charge in [-0.15, -0.1) is 0 Å². The average Bonchev–Trinajstić information content (AvgIpc) is 2.81. The van der Waals surface area contributed by atoms with Crippen LogP contribution in [0.2, 0.25) is 0 Å². The zero-order valence-electron chi connectivity index (χ0n) is 16.9. The second-order valence-corrected chi connectivity index (χ2v) is 7.15. The number of anilines is 1. The van der Waals surface area contributed by atoms with Gasteiger partial charge in [-0.1, -0.05) is 30.3 Å². The van der Waals surface area contributed by atoms with Crippen LogP contribution in [0.5, 0.6) is 5.75 Å². The van der Waals surface area contributed by atoms with Crippen LogP contribution in [0, 0.1) is 0 Å². The van der Waals surface area contributed by atoms with Crippen molar-refractivity contribution in [2.45, 2.75) is 6.54 Å². The predicted octanol–water partition coefficient (Wildman–Crippen LogP) is 2.27. The molecular weight excluding hydrogens is 380 g/mol. The number of benzene rings is 2. The molecule has 0 radical (unpaired) electrons. The summed E-state index contributed by atoms with van der Waals surface area (Å²) in [7, 11) is 1.60. The Morgan fingerprint density at radius 1 is 0.967 bits per heavy atom. The van der Waals surface area contributed by atoms with Crippen LogP contribution >= 0.6 is 0 Å². The van der Waals surface area contributed by atoms with E-state index in [2.05, 4.69) is 22.1 Å². The number of carbonyl (C=O) groups is 1. The number of aromatic nitrogens is 2. The summed E-state index contributed by atoms with van der Waals surface area (Å²) in [6, 6.07) is 20.7. The molecule has 1 aromatic heterocycles. The fourth-order valence-corrected chi connectivity index (χ4v) is 3.58. The molecule has 1 aliphatic heterocycles. The first-order valence-electron chi connectivity index (χ1n) is 9.94. The van der Waals surface area contributed by atoms with Gasteiger partial charge in [0.25, 0.3) is 5.56 Å². The van der Waals surface area contributed by atoms with Crippen LogP contribution in [0.25, 0.3) is 11.3 Å². The van der Waals surface area contributed by atoms with Gasteiger partial charge in [-0.3, -0.25) is 9.59 Å². The Balaban J connectivity index is 1.44. The summed E-state index contributed by atoms with van der Waals surface area (Å²) in [5.41, 5.74) is 2.31. The van der Waals surface area contributed by atoms with Gasteiger partial charge in [-0.2, -0.15) is 5.10 Å². The number of ether oxygens (including phenoxy) is 1. The summed E-state index contributed by atoms with van der Waals surface area (Å²) in [5, 5.41) is 4.41. The fourth-order valence-electron chi connectivity index (χ4n) is 3.58. The molecule has 4 rings (SSSR count). The topological polar surface area (TPSA) is 67.7 Å². The third-order valence-electron chi connectivity index (χ3n) is 5.27. The second kappa shape index (κ2) is 8.82. The fraction of sp³-hybridized carbons (Fsp3) is 0.261. The summed E-state index contributed by atoms with van der Waals surface area (Å²) in [6.07, 6.45) is 0. The van der Waals surface area contributed by atoms with Crippen LogP contribution in [0.4, 0.5) is 5.69 Å². The van der Waals surface area contributed by atoms with E-state index in [9.17, 15) is 9.59 Å². The molecule has 0 bridgehead atoms. The molecule has 7 nitrogen and oxygen atoms in total. The van der Waals surface area contributed by atoms with Crippen LogP contribution in [0.3, 0.4) is 0 Å². The summed E-state index contributed by atoms with van der Waals surface area (Å²) >= 11 is 0. The molecule has 7 heteroatoms. The molecule has 0 unspecified atom stereocenters. The molecule has 2 heterocycles. The first-order valence-corrected chi connectivity index (χ1v) is 9.94. The van der Waals surface area contributed by atoms with Crippen molar-refractivity contribution in [2.24, 2.45) is 0 Å². The molecule has 2 aromatic carbocycles. The van der Waals surface area contributed by atoms with Crippen LogP contribution in [0.15, 0.2) is 71.5 Å². The van der Waals surface area contributed by atoms with Crippen molar-refractivity contribution in [3.8, 4) is 17.0 Å². The van der Waals surface area contributed by atoms with Crippen molar-refractivity contribution in [2.75, 3.05) is 38.2 Å². The number of nitrogens with zero attached hydrogens (tertiary/aromatic N) is 4. The molecular formula is C23H24N4O3. The molecule has 30 heavy (non-hydrogen) atoms. The third-order valence-corrected chi connectivity index (χ3v) is 5.27. The Morgan fingerprint density at radius 2 is 1.73 bits per heavy atom. The SMILES string of the molecule is COc1cccc(-c2ccc(=O)n(CC(=O)N3CCN(c4ccccc4)CC3)n2)c1. The first kappa shape index (κ1) is 19.7. The monoisotopic (exact) mass is 404 g/mol. The second-order valence-electron chi connectivity index (χ2n) is 7.15. The summed E-state index contributed by atoms with van der Waals surface area (Å²) in [4.78, 5) is 29.1. The van der Waals surface area contributed by atoms with Gasteiger partial charge in [0.2, 0.25) is 5.91 Å². The number of hydrogen-bond acceptors (Lipinski definition) is 5. The largest absolute Gasteiger partial charge is 0.497 e. The molecule has 0 atom stereocenters. The van der Waals surface area contributed by atoms with Crippen molar-refractivity contribution in [3.05, 3.63) is 77.1 Å². The number of carbonyl (C=O) groups excluding carboxylic acids is 1. The predicted molar refractivity (Wildman–Crippen MR) is 116 cm³/mol. The molecule has 0 spiro atoms. The molecule has 1 aliphatic rings. The molecule has 0 saturated carbocycles. The van der Waals surface area contributed by atoms with E-state index in [1.54, 1.807) is 18.1 Å². The van der Waals surface area contributed by atoms with Crippen LogP contribution < -0.4 is 15.2 Å². The maximum absolute atomic E-state index is 12.8. The highest BCUT2D eigenvalue weighted by molar-refractivity contribution is 5.76. The lowest BCUT2D eigenvalue weighted by molar-refractivity contribution is -0.132. The van der Waals surface area contributed by atoms with E-state index in [0.29, 0.717) is 24.5 Å². The van der Waals surface area contributed by atoms with Crippen molar-refractivity contribution in [1.29, 1.82) is 0 Å². The Bertz CT molecular complexity index is 1070. The van der Waals surface area contributed by atoms with Crippen molar-refractivity contribution < 1.29 is 9.53 Å². The Labute approximate surface area is 175 Å². The van der Waals surface area contributed by atoms with Crippen LogP contribution in [0.1, 0.15) is 0 Å². The van der Waals surface area contributed by atoms with E-state index < -0.39 is 0 Å². The van der Waals surface area contributed by atoms with Gasteiger partial charge in [0.15, 0.2) is 0 Å². The lowest BCUT2D eigenvalue weighted by atomic mass is 10.1. The van der Waals surface area contributed by atoms with Crippen molar-refractivity contribution >= 4 is 11.6 Å². The van der Waals surface area contributed by atoms with E-state index in [1.807, 2.05) is 42.5 Å². The molecule has 1 saturated heterocycles. The van der Waals surface area contributed by atoms with E-state index in [1.165, 1.54) is 10.7 Å². The normalized spacial score (nSPS) is 13.9. The zero-order valence-corrected chi connectivity index (χ0v) is 16.9. The van der Waals surface area contributed by atoms with Crippen LogP contribution in [-0.4, -0.2) is 53.9 Å². The van der Waals surface area contributed by atoms with E-state index in [4.69, 9.17) is 4.74 Å². The Morgan fingerprint density at radius 3 is 2.47 bits per heavy atom. The lowest BCUT2D eigenvalue weighted by Gasteiger charge is -2.36. The number of amides is 1. The molecule has 154 valence electrons. The first-order chi connectivity index (χ1) is 14.6. The molecule has 0 aliphatic carbocycles. The standard InChI is InChI=1S/C23H24N4O3/c1-30-20-9-5-6-18(16-20)21-10-11-22(28)27(24-21)17-23(29)26-14-12-25(13-15-26)19-7-3-2-4-8-19/h2-11,16H,12-15,17H2,1H3. The van der Waals surface area contributed by atoms with E-state index >= 15 is 0 Å². The maximum Gasteiger partial charge on any atom is 0.267 e. The summed E-state index contributed by atoms with van der Waals surface area (Å²) in [6.45, 7) is 2.71. The number of methoxy groups -OCH3 is 1. The highest BCUT2D eigenvalue weighted by Gasteiger charge is 2.22.